The minimum Gasteiger partial charge on any atom is -0.493 e. The third kappa shape index (κ3) is 6.65. The van der Waals surface area contributed by atoms with Crippen LogP contribution in [0.15, 0.2) is 48.8 Å². The highest BCUT2D eigenvalue weighted by molar-refractivity contribution is 6.31. The summed E-state index contributed by atoms with van der Waals surface area (Å²) in [5.41, 5.74) is 2.56. The Morgan fingerprint density at radius 3 is 2.67 bits per heavy atom. The molecule has 39 heavy (non-hydrogen) atoms. The fourth-order valence-electron chi connectivity index (χ4n) is 3.87. The van der Waals surface area contributed by atoms with Crippen LogP contribution in [-0.2, 0) is 6.54 Å². The van der Waals surface area contributed by atoms with Gasteiger partial charge in [-0.1, -0.05) is 17.7 Å². The van der Waals surface area contributed by atoms with E-state index < -0.39 is 11.9 Å². The van der Waals surface area contributed by atoms with Gasteiger partial charge in [0.05, 0.1) is 25.6 Å². The lowest BCUT2D eigenvalue weighted by Gasteiger charge is -2.14. The molecule has 1 unspecified atom stereocenters. The number of rotatable bonds is 11. The summed E-state index contributed by atoms with van der Waals surface area (Å²) >= 11 is 6.37. The Morgan fingerprint density at radius 2 is 1.92 bits per heavy atom. The lowest BCUT2D eigenvalue weighted by atomic mass is 10.0. The van der Waals surface area contributed by atoms with Crippen molar-refractivity contribution in [2.75, 3.05) is 31.4 Å². The van der Waals surface area contributed by atoms with Crippen LogP contribution in [0.2, 0.25) is 5.02 Å². The van der Waals surface area contributed by atoms with E-state index >= 15 is 4.39 Å². The van der Waals surface area contributed by atoms with Crippen LogP contribution in [-0.4, -0.2) is 58.2 Å². The number of hydrogen-bond acceptors (Lipinski definition) is 8. The number of carboxylic acid groups (broad SMARTS) is 1. The van der Waals surface area contributed by atoms with Crippen molar-refractivity contribution in [1.29, 1.82) is 0 Å². The fraction of sp³-hybridized carbons (Fsp3) is 0.231. The minimum atomic E-state index is -1.12. The highest BCUT2D eigenvalue weighted by Crippen LogP contribution is 2.36. The predicted octanol–water partition coefficient (Wildman–Crippen LogP) is 5.02. The van der Waals surface area contributed by atoms with Gasteiger partial charge in [-0.15, -0.1) is 0 Å². The minimum absolute atomic E-state index is 0.181. The Balaban J connectivity index is 1.57. The highest BCUT2D eigenvalue weighted by atomic mass is 35.5. The predicted molar refractivity (Wildman–Crippen MR) is 146 cm³/mol. The quantitative estimate of drug-likeness (QED) is 0.172. The molecular weight excluding hydrogens is 529 g/mol. The normalized spacial score (nSPS) is 11.5. The van der Waals surface area contributed by atoms with E-state index in [1.807, 2.05) is 6.07 Å². The lowest BCUT2D eigenvalue weighted by Crippen LogP contribution is -2.36. The third-order valence-corrected chi connectivity index (χ3v) is 5.95. The molecule has 0 fully saturated rings. The molecule has 4 rings (SSSR count). The first-order chi connectivity index (χ1) is 18.8. The van der Waals surface area contributed by atoms with E-state index in [2.05, 4.69) is 36.1 Å². The van der Waals surface area contributed by atoms with Crippen LogP contribution in [0.3, 0.4) is 0 Å². The zero-order valence-electron chi connectivity index (χ0n) is 21.4. The maximum absolute atomic E-state index is 15.8. The van der Waals surface area contributed by atoms with Gasteiger partial charge in [0.15, 0.2) is 17.3 Å². The van der Waals surface area contributed by atoms with Gasteiger partial charge in [-0.2, -0.15) is 5.10 Å². The number of ether oxygens (including phenoxy) is 2. The van der Waals surface area contributed by atoms with Gasteiger partial charge in [0, 0.05) is 47.7 Å². The fourth-order valence-corrected chi connectivity index (χ4v) is 4.09. The van der Waals surface area contributed by atoms with E-state index in [0.29, 0.717) is 40.0 Å². The first kappa shape index (κ1) is 27.5. The van der Waals surface area contributed by atoms with Crippen LogP contribution in [0.1, 0.15) is 12.5 Å². The summed E-state index contributed by atoms with van der Waals surface area (Å²) in [6.45, 7) is 2.28. The molecule has 2 aromatic heterocycles. The molecule has 11 nitrogen and oxygen atoms in total. The molecule has 2 aromatic carbocycles. The van der Waals surface area contributed by atoms with Crippen LogP contribution in [0.4, 0.5) is 20.8 Å². The van der Waals surface area contributed by atoms with Crippen LogP contribution >= 0.6 is 11.6 Å². The molecule has 1 amide bonds. The number of aromatic amines is 1. The monoisotopic (exact) mass is 555 g/mol. The largest absolute Gasteiger partial charge is 0.493 e. The summed E-state index contributed by atoms with van der Waals surface area (Å²) in [6, 6.07) is 9.73. The second-order valence-electron chi connectivity index (χ2n) is 8.50. The molecule has 2 heterocycles. The number of nitrogens with one attached hydrogen (secondary N) is 4. The number of H-pyrrole nitrogens is 1. The van der Waals surface area contributed by atoms with E-state index in [4.69, 9.17) is 26.2 Å². The van der Waals surface area contributed by atoms with Crippen molar-refractivity contribution >= 4 is 29.3 Å². The average molecular weight is 556 g/mol. The van der Waals surface area contributed by atoms with E-state index in [1.54, 1.807) is 51.7 Å². The van der Waals surface area contributed by atoms with E-state index in [0.717, 1.165) is 5.56 Å². The van der Waals surface area contributed by atoms with E-state index in [1.165, 1.54) is 12.1 Å². The van der Waals surface area contributed by atoms with Gasteiger partial charge in [0.25, 0.3) is 0 Å². The number of hydrogen-bond donors (Lipinski definition) is 5. The molecule has 0 radical (unpaired) electrons. The second kappa shape index (κ2) is 12.3. The van der Waals surface area contributed by atoms with Gasteiger partial charge < -0.3 is 30.5 Å². The van der Waals surface area contributed by atoms with Crippen molar-refractivity contribution in [2.24, 2.45) is 0 Å². The Morgan fingerprint density at radius 1 is 1.13 bits per heavy atom. The molecule has 0 saturated heterocycles. The third-order valence-electron chi connectivity index (χ3n) is 5.73. The molecule has 0 bridgehead atoms. The van der Waals surface area contributed by atoms with Gasteiger partial charge in [-0.05, 0) is 42.8 Å². The number of methoxy groups -OCH3 is 2. The van der Waals surface area contributed by atoms with Crippen molar-refractivity contribution in [3.8, 4) is 34.0 Å². The number of nitrogens with zero attached hydrogens (tertiary/aromatic N) is 3. The van der Waals surface area contributed by atoms with Crippen molar-refractivity contribution < 1.29 is 23.8 Å². The Labute approximate surface area is 228 Å². The summed E-state index contributed by atoms with van der Waals surface area (Å²) in [5, 5.41) is 24.6. The van der Waals surface area contributed by atoms with Crippen LogP contribution in [0, 0.1) is 5.82 Å². The zero-order chi connectivity index (χ0) is 27.9. The first-order valence-corrected chi connectivity index (χ1v) is 12.2. The Bertz CT molecular complexity index is 1470. The number of benzene rings is 2. The molecule has 5 N–H and O–H groups in total. The summed E-state index contributed by atoms with van der Waals surface area (Å²) in [7, 11) is 3.11. The molecule has 1 atom stereocenters. The van der Waals surface area contributed by atoms with Gasteiger partial charge >= 0.3 is 6.09 Å². The number of aromatic nitrogens is 4. The van der Waals surface area contributed by atoms with Crippen molar-refractivity contribution in [3.05, 3.63) is 65.2 Å². The second-order valence-corrected chi connectivity index (χ2v) is 8.94. The first-order valence-electron chi connectivity index (χ1n) is 11.8. The van der Waals surface area contributed by atoms with Crippen LogP contribution in [0.5, 0.6) is 11.5 Å². The lowest BCUT2D eigenvalue weighted by molar-refractivity contribution is 0.191. The Kier molecular flexibility index (Phi) is 8.67. The average Bonchev–Trinajstić information content (AvgIpc) is 3.41. The standard InChI is InChI=1S/C26H27ClFN7O4/c1-14(33-26(36)37)11-31-25-29-7-6-19(34-25)18-13-32-35-24(18)17-9-16(27)10-20(23(17)28)30-12-15-4-5-21(38-2)22(8-15)39-3/h4-10,13-14,30,33H,11-12H2,1-3H3,(H,32,35)(H,36,37)(H,29,31,34). The SMILES string of the molecule is COc1ccc(CNc2cc(Cl)cc(-c3n[nH]cc3-c3ccnc(NCC(C)NC(=O)O)n3)c2F)cc1OC. The molecule has 13 heteroatoms. The summed E-state index contributed by atoms with van der Waals surface area (Å²) in [5.74, 6) is 0.909. The summed E-state index contributed by atoms with van der Waals surface area (Å²) in [6.07, 6.45) is 2.03. The van der Waals surface area contributed by atoms with Crippen molar-refractivity contribution in [3.63, 3.8) is 0 Å². The van der Waals surface area contributed by atoms with Gasteiger partial charge in [-0.3, -0.25) is 5.10 Å². The van der Waals surface area contributed by atoms with E-state index in [9.17, 15) is 4.79 Å². The van der Waals surface area contributed by atoms with Gasteiger partial charge in [-0.25, -0.2) is 19.2 Å². The smallest absolute Gasteiger partial charge is 0.404 e. The van der Waals surface area contributed by atoms with Crippen LogP contribution in [0.25, 0.3) is 22.5 Å². The summed E-state index contributed by atoms with van der Waals surface area (Å²) in [4.78, 5) is 19.5. The molecular formula is C26H27ClFN7O4. The number of halogens is 2. The maximum atomic E-state index is 15.8. The number of carbonyl (C=O) groups is 1. The van der Waals surface area contributed by atoms with Gasteiger partial charge in [0.2, 0.25) is 5.95 Å². The van der Waals surface area contributed by atoms with E-state index in [-0.39, 0.29) is 29.8 Å². The van der Waals surface area contributed by atoms with Crippen LogP contribution < -0.4 is 25.4 Å². The zero-order valence-corrected chi connectivity index (χ0v) is 22.1. The molecule has 0 aliphatic heterocycles. The number of anilines is 2. The highest BCUT2D eigenvalue weighted by Gasteiger charge is 2.20. The molecule has 0 saturated carbocycles. The number of amides is 1. The van der Waals surface area contributed by atoms with Crippen molar-refractivity contribution in [1.82, 2.24) is 25.5 Å². The van der Waals surface area contributed by atoms with Crippen molar-refractivity contribution in [2.45, 2.75) is 19.5 Å². The molecule has 204 valence electrons. The van der Waals surface area contributed by atoms with Gasteiger partial charge in [0.1, 0.15) is 5.69 Å². The molecule has 0 aliphatic rings. The molecule has 0 aliphatic carbocycles. The summed E-state index contributed by atoms with van der Waals surface area (Å²) < 4.78 is 26.4. The maximum Gasteiger partial charge on any atom is 0.404 e. The molecule has 4 aromatic rings. The molecule has 0 spiro atoms. The topological polar surface area (TPSA) is 146 Å². The Hall–Kier alpha value is -4.58.